The number of nitrogens with one attached hydrogen (secondary N) is 1. The van der Waals surface area contributed by atoms with Gasteiger partial charge in [0.2, 0.25) is 5.91 Å². The molecule has 0 saturated heterocycles. The van der Waals surface area contributed by atoms with E-state index in [1.165, 1.54) is 0 Å². The van der Waals surface area contributed by atoms with E-state index in [4.69, 9.17) is 11.6 Å². The molecule has 0 aliphatic heterocycles. The zero-order chi connectivity index (χ0) is 13.1. The van der Waals surface area contributed by atoms with Gasteiger partial charge in [-0.3, -0.25) is 4.79 Å². The van der Waals surface area contributed by atoms with Crippen molar-refractivity contribution in [1.29, 1.82) is 0 Å². The molecule has 5 heteroatoms. The molecule has 2 rings (SSSR count). The highest BCUT2D eigenvalue weighted by molar-refractivity contribution is 6.31. The van der Waals surface area contributed by atoms with E-state index in [0.717, 1.165) is 23.4 Å². The van der Waals surface area contributed by atoms with Gasteiger partial charge in [0.25, 0.3) is 0 Å². The molecule has 0 spiro atoms. The second-order valence-corrected chi connectivity index (χ2v) is 5.17. The van der Waals surface area contributed by atoms with Crippen molar-refractivity contribution in [3.63, 3.8) is 0 Å². The third kappa shape index (κ3) is 3.85. The van der Waals surface area contributed by atoms with Gasteiger partial charge in [0, 0.05) is 11.1 Å². The molecule has 1 unspecified atom stereocenters. The summed E-state index contributed by atoms with van der Waals surface area (Å²) in [5.41, 5.74) is 1.02. The molecule has 0 aromatic heterocycles. The molecule has 19 heavy (non-hydrogen) atoms. The van der Waals surface area contributed by atoms with Gasteiger partial charge in [-0.1, -0.05) is 29.8 Å². The Morgan fingerprint density at radius 1 is 1.47 bits per heavy atom. The van der Waals surface area contributed by atoms with Crippen LogP contribution in [0.15, 0.2) is 24.3 Å². The summed E-state index contributed by atoms with van der Waals surface area (Å²) in [6.45, 7) is 2.43. The molecule has 0 bridgehead atoms. The summed E-state index contributed by atoms with van der Waals surface area (Å²) >= 11 is 6.22. The molecular formula is C14H20Cl2N2O. The van der Waals surface area contributed by atoms with Crippen molar-refractivity contribution < 1.29 is 4.79 Å². The summed E-state index contributed by atoms with van der Waals surface area (Å²) in [6.07, 6.45) is 2.20. The Hall–Kier alpha value is -0.770. The van der Waals surface area contributed by atoms with Crippen LogP contribution in [0, 0.1) is 0 Å². The minimum atomic E-state index is 0. The van der Waals surface area contributed by atoms with Crippen molar-refractivity contribution in [3.8, 4) is 0 Å². The third-order valence-electron chi connectivity index (χ3n) is 3.33. The zero-order valence-corrected chi connectivity index (χ0v) is 12.8. The van der Waals surface area contributed by atoms with E-state index in [1.54, 1.807) is 7.05 Å². The SMILES string of the molecule is CNCC(=O)N(C1CC1)C(C)c1ccccc1Cl.Cl. The Kier molecular flexibility index (Phi) is 6.11. The van der Waals surface area contributed by atoms with Crippen molar-refractivity contribution in [2.75, 3.05) is 13.6 Å². The van der Waals surface area contributed by atoms with Gasteiger partial charge < -0.3 is 10.2 Å². The van der Waals surface area contributed by atoms with Gasteiger partial charge >= 0.3 is 0 Å². The number of hydrogen-bond donors (Lipinski definition) is 1. The highest BCUT2D eigenvalue weighted by Crippen LogP contribution is 2.36. The number of nitrogens with zero attached hydrogens (tertiary/aromatic N) is 1. The van der Waals surface area contributed by atoms with E-state index in [-0.39, 0.29) is 24.4 Å². The van der Waals surface area contributed by atoms with Crippen LogP contribution in [0.25, 0.3) is 0 Å². The van der Waals surface area contributed by atoms with Crippen molar-refractivity contribution >= 4 is 29.9 Å². The largest absolute Gasteiger partial charge is 0.332 e. The molecule has 1 aromatic rings. The number of carbonyl (C=O) groups is 1. The summed E-state index contributed by atoms with van der Waals surface area (Å²) < 4.78 is 0. The number of benzene rings is 1. The molecule has 0 heterocycles. The number of carbonyl (C=O) groups excluding carboxylic acids is 1. The maximum atomic E-state index is 12.2. The van der Waals surface area contributed by atoms with Crippen LogP contribution in [0.3, 0.4) is 0 Å². The number of hydrogen-bond acceptors (Lipinski definition) is 2. The molecule has 106 valence electrons. The lowest BCUT2D eigenvalue weighted by Gasteiger charge is -2.30. The molecule has 1 amide bonds. The van der Waals surface area contributed by atoms with Crippen molar-refractivity contribution in [2.24, 2.45) is 0 Å². The molecule has 1 saturated carbocycles. The molecular weight excluding hydrogens is 283 g/mol. The normalized spacial score (nSPS) is 15.5. The zero-order valence-electron chi connectivity index (χ0n) is 11.2. The predicted octanol–water partition coefficient (Wildman–Crippen LogP) is 3.03. The summed E-state index contributed by atoms with van der Waals surface area (Å²) in [5, 5.41) is 3.66. The summed E-state index contributed by atoms with van der Waals surface area (Å²) in [6, 6.07) is 8.17. The quantitative estimate of drug-likeness (QED) is 0.907. The molecule has 0 radical (unpaired) electrons. The topological polar surface area (TPSA) is 32.3 Å². The van der Waals surface area contributed by atoms with Crippen LogP contribution < -0.4 is 5.32 Å². The van der Waals surface area contributed by atoms with Crippen LogP contribution in [0.2, 0.25) is 5.02 Å². The van der Waals surface area contributed by atoms with Crippen LogP contribution >= 0.6 is 24.0 Å². The van der Waals surface area contributed by atoms with Crippen LogP contribution in [0.4, 0.5) is 0 Å². The summed E-state index contributed by atoms with van der Waals surface area (Å²) in [5.74, 6) is 0.146. The molecule has 3 nitrogen and oxygen atoms in total. The number of halogens is 2. The second kappa shape index (κ2) is 7.13. The fraction of sp³-hybridized carbons (Fsp3) is 0.500. The minimum absolute atomic E-state index is 0. The Morgan fingerprint density at radius 2 is 2.11 bits per heavy atom. The average Bonchev–Trinajstić information content (AvgIpc) is 3.14. The Labute approximate surface area is 125 Å². The van der Waals surface area contributed by atoms with Gasteiger partial charge in [-0.2, -0.15) is 0 Å². The van der Waals surface area contributed by atoms with Crippen LogP contribution in [-0.4, -0.2) is 30.4 Å². The fourth-order valence-electron chi connectivity index (χ4n) is 2.29. The average molecular weight is 303 g/mol. The first-order valence-electron chi connectivity index (χ1n) is 6.35. The molecule has 1 aliphatic rings. The van der Waals surface area contributed by atoms with E-state index < -0.39 is 0 Å². The van der Waals surface area contributed by atoms with E-state index in [9.17, 15) is 4.79 Å². The maximum Gasteiger partial charge on any atom is 0.237 e. The van der Waals surface area contributed by atoms with Crippen molar-refractivity contribution in [2.45, 2.75) is 31.8 Å². The van der Waals surface area contributed by atoms with Crippen molar-refractivity contribution in [3.05, 3.63) is 34.9 Å². The first-order valence-corrected chi connectivity index (χ1v) is 6.73. The standard InChI is InChI=1S/C14H19ClN2O.ClH/c1-10(12-5-3-4-6-13(12)15)17(11-7-8-11)14(18)9-16-2;/h3-6,10-11,16H,7-9H2,1-2H3;1H. The van der Waals surface area contributed by atoms with Gasteiger partial charge in [0.15, 0.2) is 0 Å². The van der Waals surface area contributed by atoms with Crippen LogP contribution in [0.5, 0.6) is 0 Å². The molecule has 1 atom stereocenters. The monoisotopic (exact) mass is 302 g/mol. The number of likely N-dealkylation sites (N-methyl/N-ethyl adjacent to an activating group) is 1. The van der Waals surface area contributed by atoms with Gasteiger partial charge in [0.1, 0.15) is 0 Å². The van der Waals surface area contributed by atoms with Crippen molar-refractivity contribution in [1.82, 2.24) is 10.2 Å². The van der Waals surface area contributed by atoms with Gasteiger partial charge in [-0.15, -0.1) is 12.4 Å². The number of rotatable bonds is 5. The number of amides is 1. The lowest BCUT2D eigenvalue weighted by molar-refractivity contribution is -0.132. The second-order valence-electron chi connectivity index (χ2n) is 4.76. The Balaban J connectivity index is 0.00000180. The Bertz CT molecular complexity index is 435. The fourth-order valence-corrected chi connectivity index (χ4v) is 2.59. The van der Waals surface area contributed by atoms with E-state index in [0.29, 0.717) is 12.6 Å². The first kappa shape index (κ1) is 16.3. The predicted molar refractivity (Wildman–Crippen MR) is 80.9 cm³/mol. The summed E-state index contributed by atoms with van der Waals surface area (Å²) in [4.78, 5) is 14.1. The van der Waals surface area contributed by atoms with Crippen LogP contribution in [-0.2, 0) is 4.79 Å². The lowest BCUT2D eigenvalue weighted by Crippen LogP contribution is -2.40. The van der Waals surface area contributed by atoms with Gasteiger partial charge in [-0.25, -0.2) is 0 Å². The maximum absolute atomic E-state index is 12.2. The van der Waals surface area contributed by atoms with E-state index >= 15 is 0 Å². The van der Waals surface area contributed by atoms with E-state index in [1.807, 2.05) is 36.1 Å². The highest BCUT2D eigenvalue weighted by Gasteiger charge is 2.36. The minimum Gasteiger partial charge on any atom is -0.332 e. The van der Waals surface area contributed by atoms with Gasteiger partial charge in [-0.05, 0) is 38.4 Å². The molecule has 1 fully saturated rings. The van der Waals surface area contributed by atoms with Gasteiger partial charge in [0.05, 0.1) is 12.6 Å². The first-order chi connectivity index (χ1) is 8.65. The third-order valence-corrected chi connectivity index (χ3v) is 3.67. The van der Waals surface area contributed by atoms with E-state index in [2.05, 4.69) is 5.32 Å². The highest BCUT2D eigenvalue weighted by atomic mass is 35.5. The molecule has 1 aromatic carbocycles. The summed E-state index contributed by atoms with van der Waals surface area (Å²) in [7, 11) is 1.79. The molecule has 1 aliphatic carbocycles. The Morgan fingerprint density at radius 3 is 2.63 bits per heavy atom. The molecule has 1 N–H and O–H groups in total. The van der Waals surface area contributed by atoms with Crippen LogP contribution in [0.1, 0.15) is 31.4 Å². The smallest absolute Gasteiger partial charge is 0.237 e. The lowest BCUT2D eigenvalue weighted by atomic mass is 10.1.